The predicted octanol–water partition coefficient (Wildman–Crippen LogP) is 3.73. The summed E-state index contributed by atoms with van der Waals surface area (Å²) in [7, 11) is 0. The van der Waals surface area contributed by atoms with Crippen molar-refractivity contribution in [3.8, 4) is 11.1 Å². The molecule has 2 aliphatic heterocycles. The van der Waals surface area contributed by atoms with Crippen LogP contribution in [0.5, 0.6) is 0 Å². The first-order valence-electron chi connectivity index (χ1n) is 10.3. The molecule has 35 heavy (non-hydrogen) atoms. The maximum Gasteiger partial charge on any atom is 0.490 e. The largest absolute Gasteiger partial charge is 0.490 e. The number of benzene rings is 1. The van der Waals surface area contributed by atoms with Gasteiger partial charge in [-0.15, -0.1) is 11.3 Å². The van der Waals surface area contributed by atoms with Gasteiger partial charge >= 0.3 is 12.1 Å². The van der Waals surface area contributed by atoms with Gasteiger partial charge in [-0.25, -0.2) is 9.18 Å². The van der Waals surface area contributed by atoms with Crippen LogP contribution in [-0.2, 0) is 16.1 Å². The number of rotatable bonds is 3. The number of amides is 1. The summed E-state index contributed by atoms with van der Waals surface area (Å²) in [6, 6.07) is 6.26. The van der Waals surface area contributed by atoms with Gasteiger partial charge in [0.25, 0.3) is 5.56 Å². The number of aliphatic carboxylic acids is 1. The normalized spacial score (nSPS) is 16.3. The lowest BCUT2D eigenvalue weighted by Gasteiger charge is -2.56. The number of aromatic nitrogens is 1. The van der Waals surface area contributed by atoms with Crippen molar-refractivity contribution in [3.63, 3.8) is 0 Å². The molecule has 1 amide bonds. The van der Waals surface area contributed by atoms with Gasteiger partial charge in [-0.3, -0.25) is 9.59 Å². The number of carboxylic acid groups (broad SMARTS) is 1. The van der Waals surface area contributed by atoms with Crippen LogP contribution in [0.2, 0.25) is 5.02 Å². The molecule has 186 valence electrons. The number of nitrogens with one attached hydrogen (secondary N) is 1. The van der Waals surface area contributed by atoms with Gasteiger partial charge in [0.05, 0.1) is 15.9 Å². The number of carbonyl (C=O) groups excluding carboxylic acids is 1. The summed E-state index contributed by atoms with van der Waals surface area (Å²) in [6.07, 6.45) is -2.32. The van der Waals surface area contributed by atoms with Crippen LogP contribution in [0.15, 0.2) is 40.6 Å². The number of hydrogen-bond acceptors (Lipinski definition) is 5. The Hall–Kier alpha value is -2.96. The quantitative estimate of drug-likeness (QED) is 0.503. The van der Waals surface area contributed by atoms with E-state index in [9.17, 15) is 27.2 Å². The number of likely N-dealkylation sites (tertiary alicyclic amines) is 1. The lowest BCUT2D eigenvalue weighted by molar-refractivity contribution is -0.192. The van der Waals surface area contributed by atoms with Crippen molar-refractivity contribution in [1.82, 2.24) is 14.8 Å². The fraction of sp³-hybridized carbons (Fsp3) is 0.318. The van der Waals surface area contributed by atoms with Crippen LogP contribution < -0.4 is 10.9 Å². The minimum atomic E-state index is -5.08. The molecule has 1 spiro atoms. The van der Waals surface area contributed by atoms with Gasteiger partial charge in [0.2, 0.25) is 5.91 Å². The zero-order chi connectivity index (χ0) is 25.5. The number of nitrogens with zero attached hydrogens (tertiary/aromatic N) is 2. The van der Waals surface area contributed by atoms with E-state index in [0.29, 0.717) is 29.6 Å². The van der Waals surface area contributed by atoms with Gasteiger partial charge in [0.1, 0.15) is 12.4 Å². The Morgan fingerprint density at radius 3 is 2.43 bits per heavy atom. The molecule has 13 heteroatoms. The van der Waals surface area contributed by atoms with Crippen molar-refractivity contribution in [2.24, 2.45) is 0 Å². The summed E-state index contributed by atoms with van der Waals surface area (Å²) in [6.45, 7) is 2.44. The van der Waals surface area contributed by atoms with Crippen LogP contribution in [0.25, 0.3) is 21.2 Å². The second-order valence-electron chi connectivity index (χ2n) is 8.28. The Morgan fingerprint density at radius 1 is 1.23 bits per heavy atom. The van der Waals surface area contributed by atoms with E-state index in [0.717, 1.165) is 17.7 Å². The first-order valence-corrected chi connectivity index (χ1v) is 11.5. The molecular weight excluding hydrogens is 514 g/mol. The van der Waals surface area contributed by atoms with Gasteiger partial charge in [-0.1, -0.05) is 17.7 Å². The zero-order valence-electron chi connectivity index (χ0n) is 17.9. The third-order valence-corrected chi connectivity index (χ3v) is 7.16. The van der Waals surface area contributed by atoms with Crippen molar-refractivity contribution in [2.75, 3.05) is 19.6 Å². The number of pyridine rings is 1. The highest BCUT2D eigenvalue weighted by molar-refractivity contribution is 7.17. The van der Waals surface area contributed by atoms with Crippen LogP contribution in [0.3, 0.4) is 0 Å². The molecule has 0 bridgehead atoms. The molecular formula is C22H18ClF4N3O4S. The molecule has 4 heterocycles. The van der Waals surface area contributed by atoms with Crippen LogP contribution in [0, 0.1) is 5.82 Å². The van der Waals surface area contributed by atoms with E-state index in [-0.39, 0.29) is 28.6 Å². The lowest BCUT2D eigenvalue weighted by Crippen LogP contribution is -2.76. The Bertz CT molecular complexity index is 1360. The summed E-state index contributed by atoms with van der Waals surface area (Å²) in [5.41, 5.74) is 1.28. The molecule has 2 aromatic heterocycles. The third-order valence-electron chi connectivity index (χ3n) is 5.92. The van der Waals surface area contributed by atoms with Gasteiger partial charge in [0, 0.05) is 34.9 Å². The highest BCUT2D eigenvalue weighted by atomic mass is 35.5. The van der Waals surface area contributed by atoms with Crippen molar-refractivity contribution >= 4 is 44.9 Å². The molecule has 2 N–H and O–H groups in total. The summed E-state index contributed by atoms with van der Waals surface area (Å²) < 4.78 is 47.5. The second-order valence-corrected chi connectivity index (χ2v) is 9.59. The van der Waals surface area contributed by atoms with E-state index in [1.54, 1.807) is 17.2 Å². The van der Waals surface area contributed by atoms with E-state index in [2.05, 4.69) is 5.32 Å². The van der Waals surface area contributed by atoms with E-state index in [1.165, 1.54) is 28.0 Å². The molecule has 2 fully saturated rings. The standard InChI is InChI=1S/C20H17ClFN3O2S.C2HF3O2/c21-14-7-12(1-2-15(14)22)13-9-28-16-3-6-24(19(27)18(13)16)8-17(26)25-10-20(11-25)4-5-23-20;3-2(4,5)1(6)7/h1-3,6-7,9,23H,4-5,8,10-11H2;(H,6,7). The first-order chi connectivity index (χ1) is 16.4. The Kier molecular flexibility index (Phi) is 6.64. The summed E-state index contributed by atoms with van der Waals surface area (Å²) in [5, 5.41) is 12.9. The Morgan fingerprint density at radius 2 is 1.89 bits per heavy atom. The fourth-order valence-corrected chi connectivity index (χ4v) is 5.07. The highest BCUT2D eigenvalue weighted by Crippen LogP contribution is 2.34. The van der Waals surface area contributed by atoms with Gasteiger partial charge < -0.3 is 19.9 Å². The SMILES string of the molecule is O=C(Cn1ccc2scc(-c3ccc(F)c(Cl)c3)c2c1=O)N1CC2(CCN2)C1.O=C(O)C(F)(F)F. The molecule has 0 radical (unpaired) electrons. The Balaban J connectivity index is 0.000000364. The van der Waals surface area contributed by atoms with Crippen LogP contribution >= 0.6 is 22.9 Å². The van der Waals surface area contributed by atoms with Crippen molar-refractivity contribution in [2.45, 2.75) is 24.7 Å². The maximum absolute atomic E-state index is 13.5. The van der Waals surface area contributed by atoms with Crippen LogP contribution in [-0.4, -0.2) is 57.8 Å². The molecule has 3 aromatic rings. The van der Waals surface area contributed by atoms with Crippen molar-refractivity contribution in [3.05, 3.63) is 57.0 Å². The Labute approximate surface area is 204 Å². The van der Waals surface area contributed by atoms with Crippen LogP contribution in [0.1, 0.15) is 6.42 Å². The van der Waals surface area contributed by atoms with E-state index in [4.69, 9.17) is 21.5 Å². The molecule has 1 aromatic carbocycles. The van der Waals surface area contributed by atoms with Gasteiger partial charge in [0.15, 0.2) is 0 Å². The maximum atomic E-state index is 13.5. The molecule has 2 saturated heterocycles. The average Bonchev–Trinajstić information content (AvgIpc) is 3.15. The molecule has 7 nitrogen and oxygen atoms in total. The minimum absolute atomic E-state index is 0.0135. The third kappa shape index (κ3) is 5.04. The number of halogens is 5. The van der Waals surface area contributed by atoms with Crippen LogP contribution in [0.4, 0.5) is 17.6 Å². The number of hydrogen-bond donors (Lipinski definition) is 2. The zero-order valence-corrected chi connectivity index (χ0v) is 19.4. The molecule has 0 aliphatic carbocycles. The molecule has 5 rings (SSSR count). The number of carbonyl (C=O) groups is 2. The first kappa shape index (κ1) is 25.1. The number of fused-ring (bicyclic) bond motifs is 1. The molecule has 0 atom stereocenters. The summed E-state index contributed by atoms with van der Waals surface area (Å²) in [4.78, 5) is 36.3. The van der Waals surface area contributed by atoms with E-state index < -0.39 is 18.0 Å². The van der Waals surface area contributed by atoms with E-state index in [1.807, 2.05) is 11.4 Å². The highest BCUT2D eigenvalue weighted by Gasteiger charge is 2.48. The number of thiophene rings is 1. The number of carboxylic acids is 1. The average molecular weight is 532 g/mol. The van der Waals surface area contributed by atoms with E-state index >= 15 is 0 Å². The molecule has 2 aliphatic rings. The smallest absolute Gasteiger partial charge is 0.475 e. The number of alkyl halides is 3. The predicted molar refractivity (Wildman–Crippen MR) is 122 cm³/mol. The van der Waals surface area contributed by atoms with Crippen molar-refractivity contribution < 1.29 is 32.3 Å². The lowest BCUT2D eigenvalue weighted by atomic mass is 9.80. The van der Waals surface area contributed by atoms with Gasteiger partial charge in [-0.2, -0.15) is 13.2 Å². The molecule has 0 saturated carbocycles. The van der Waals surface area contributed by atoms with Crippen molar-refractivity contribution in [1.29, 1.82) is 0 Å². The topological polar surface area (TPSA) is 91.6 Å². The monoisotopic (exact) mass is 531 g/mol. The second kappa shape index (κ2) is 9.25. The minimum Gasteiger partial charge on any atom is -0.475 e. The fourth-order valence-electron chi connectivity index (χ4n) is 3.94. The van der Waals surface area contributed by atoms with Gasteiger partial charge in [-0.05, 0) is 36.7 Å². The summed E-state index contributed by atoms with van der Waals surface area (Å²) in [5.74, 6) is -3.31. The molecule has 0 unspecified atom stereocenters. The summed E-state index contributed by atoms with van der Waals surface area (Å²) >= 11 is 7.35.